The number of rotatable bonds is 2. The Morgan fingerprint density at radius 1 is 1.83 bits per heavy atom. The van der Waals surface area contributed by atoms with Gasteiger partial charge in [0.2, 0.25) is 0 Å². The van der Waals surface area contributed by atoms with Crippen molar-refractivity contribution in [2.24, 2.45) is 5.16 Å². The van der Waals surface area contributed by atoms with E-state index in [0.29, 0.717) is 10.8 Å². The minimum absolute atomic E-state index is 0.0667. The van der Waals surface area contributed by atoms with E-state index in [0.717, 1.165) is 0 Å². The molecule has 0 bridgehead atoms. The molecule has 12 heavy (non-hydrogen) atoms. The maximum Gasteiger partial charge on any atom is 0.183 e. The number of thiazole rings is 1. The first kappa shape index (κ1) is 8.66. The molecule has 0 unspecified atom stereocenters. The number of hydrogen-bond donors (Lipinski definition) is 2. The van der Waals surface area contributed by atoms with Crippen LogP contribution in [-0.4, -0.2) is 21.7 Å². The summed E-state index contributed by atoms with van der Waals surface area (Å²) in [7, 11) is 0. The molecule has 1 aromatic rings. The van der Waals surface area contributed by atoms with Crippen LogP contribution in [0.5, 0.6) is 0 Å². The summed E-state index contributed by atoms with van der Waals surface area (Å²) < 4.78 is 0. The van der Waals surface area contributed by atoms with Gasteiger partial charge >= 0.3 is 0 Å². The van der Waals surface area contributed by atoms with Gasteiger partial charge in [0.1, 0.15) is 5.69 Å². The smallest absolute Gasteiger partial charge is 0.183 e. The van der Waals surface area contributed by atoms with E-state index in [-0.39, 0.29) is 11.5 Å². The lowest BCUT2D eigenvalue weighted by molar-refractivity contribution is -0.111. The quantitative estimate of drug-likeness (QED) is 0.398. The third-order valence-electron chi connectivity index (χ3n) is 1.20. The lowest BCUT2D eigenvalue weighted by Crippen LogP contribution is -2.12. The van der Waals surface area contributed by atoms with Crippen LogP contribution in [0, 0.1) is 0 Å². The second-order valence-electron chi connectivity index (χ2n) is 2.08. The number of nitrogen functional groups attached to an aromatic ring is 1. The van der Waals surface area contributed by atoms with Crippen molar-refractivity contribution in [1.82, 2.24) is 4.98 Å². The lowest BCUT2D eigenvalue weighted by atomic mass is 10.2. The van der Waals surface area contributed by atoms with Crippen molar-refractivity contribution in [1.29, 1.82) is 0 Å². The van der Waals surface area contributed by atoms with E-state index in [1.807, 2.05) is 0 Å². The molecule has 1 aromatic heterocycles. The molecule has 0 radical (unpaired) electrons. The second-order valence-corrected chi connectivity index (χ2v) is 2.97. The Morgan fingerprint density at radius 2 is 2.50 bits per heavy atom. The minimum atomic E-state index is -0.345. The number of carbonyl (C=O) groups is 1. The fourth-order valence-electron chi connectivity index (χ4n) is 0.698. The number of aromatic nitrogens is 1. The molecule has 0 spiro atoms. The van der Waals surface area contributed by atoms with E-state index in [9.17, 15) is 4.79 Å². The number of ketones is 1. The summed E-state index contributed by atoms with van der Waals surface area (Å²) in [5.74, 6) is -0.345. The molecule has 0 aliphatic heterocycles. The van der Waals surface area contributed by atoms with Gasteiger partial charge in [-0.3, -0.25) is 4.79 Å². The highest BCUT2D eigenvalue weighted by atomic mass is 32.1. The van der Waals surface area contributed by atoms with Crippen molar-refractivity contribution in [3.8, 4) is 0 Å². The molecular formula is C6H7N3O2S. The van der Waals surface area contributed by atoms with E-state index < -0.39 is 0 Å². The van der Waals surface area contributed by atoms with E-state index in [2.05, 4.69) is 10.1 Å². The highest BCUT2D eigenvalue weighted by Gasteiger charge is 2.12. The number of anilines is 1. The third-order valence-corrected chi connectivity index (χ3v) is 1.87. The van der Waals surface area contributed by atoms with Gasteiger partial charge in [-0.1, -0.05) is 5.16 Å². The number of nitrogens with zero attached hydrogens (tertiary/aromatic N) is 2. The summed E-state index contributed by atoms with van der Waals surface area (Å²) in [6, 6.07) is 0. The molecule has 1 heterocycles. The Labute approximate surface area is 72.5 Å². The fourth-order valence-corrected chi connectivity index (χ4v) is 1.25. The molecule has 0 saturated carbocycles. The largest absolute Gasteiger partial charge is 0.410 e. The zero-order chi connectivity index (χ0) is 9.14. The number of nitrogens with two attached hydrogens (primary N) is 1. The van der Waals surface area contributed by atoms with Crippen molar-refractivity contribution in [2.75, 3.05) is 5.73 Å². The Bertz CT molecular complexity index is 331. The van der Waals surface area contributed by atoms with Crippen LogP contribution in [0.4, 0.5) is 5.13 Å². The van der Waals surface area contributed by atoms with Crippen LogP contribution >= 0.6 is 11.3 Å². The zero-order valence-corrected chi connectivity index (χ0v) is 7.13. The molecule has 0 amide bonds. The molecule has 1 rings (SSSR count). The van der Waals surface area contributed by atoms with Gasteiger partial charge in [-0.15, -0.1) is 11.3 Å². The Morgan fingerprint density at radius 3 is 2.83 bits per heavy atom. The highest BCUT2D eigenvalue weighted by Crippen LogP contribution is 2.12. The Kier molecular flexibility index (Phi) is 2.39. The normalized spacial score (nSPS) is 11.6. The van der Waals surface area contributed by atoms with E-state index in [1.54, 1.807) is 5.38 Å². The number of hydrogen-bond acceptors (Lipinski definition) is 6. The number of oxime groups is 1. The van der Waals surface area contributed by atoms with Crippen LogP contribution in [0.2, 0.25) is 0 Å². The van der Waals surface area contributed by atoms with Crippen molar-refractivity contribution in [3.63, 3.8) is 0 Å². The van der Waals surface area contributed by atoms with Gasteiger partial charge in [-0.25, -0.2) is 4.98 Å². The van der Waals surface area contributed by atoms with Crippen LogP contribution in [0.15, 0.2) is 10.5 Å². The first-order chi connectivity index (χ1) is 5.65. The van der Waals surface area contributed by atoms with Gasteiger partial charge in [0.05, 0.1) is 0 Å². The van der Waals surface area contributed by atoms with Crippen molar-refractivity contribution >= 4 is 28.0 Å². The van der Waals surface area contributed by atoms with Crippen molar-refractivity contribution in [2.45, 2.75) is 6.92 Å². The van der Waals surface area contributed by atoms with E-state index >= 15 is 0 Å². The summed E-state index contributed by atoms with van der Waals surface area (Å²) in [5.41, 5.74) is 5.58. The third kappa shape index (κ3) is 1.59. The van der Waals surface area contributed by atoms with Crippen LogP contribution < -0.4 is 5.73 Å². The molecule has 0 aliphatic rings. The van der Waals surface area contributed by atoms with Crippen LogP contribution in [0.25, 0.3) is 0 Å². The predicted octanol–water partition coefficient (Wildman–Crippen LogP) is 0.493. The van der Waals surface area contributed by atoms with Gasteiger partial charge in [-0.05, 0) is 0 Å². The number of Topliss-reactive ketones (excluding diaryl/α,β-unsaturated/α-hetero) is 1. The van der Waals surface area contributed by atoms with Crippen LogP contribution in [-0.2, 0) is 4.79 Å². The standard InChI is InChI=1S/C6H7N3O2S/c1-3(10)5(9-11)4-2-12-6(7)8-4/h2,11H,1H3,(H2,7,8)/b9-5-. The lowest BCUT2D eigenvalue weighted by Gasteiger charge is -1.92. The fraction of sp³-hybridized carbons (Fsp3) is 0.167. The first-order valence-electron chi connectivity index (χ1n) is 3.09. The van der Waals surface area contributed by atoms with E-state index in [4.69, 9.17) is 10.9 Å². The topological polar surface area (TPSA) is 88.6 Å². The minimum Gasteiger partial charge on any atom is -0.410 e. The van der Waals surface area contributed by atoms with Gasteiger partial charge in [0.15, 0.2) is 16.6 Å². The second kappa shape index (κ2) is 3.31. The predicted molar refractivity (Wildman–Crippen MR) is 45.5 cm³/mol. The molecule has 3 N–H and O–H groups in total. The molecule has 5 nitrogen and oxygen atoms in total. The Hall–Kier alpha value is -1.43. The first-order valence-corrected chi connectivity index (χ1v) is 3.97. The molecule has 0 fully saturated rings. The van der Waals surface area contributed by atoms with Crippen molar-refractivity contribution in [3.05, 3.63) is 11.1 Å². The summed E-state index contributed by atoms with van der Waals surface area (Å²) >= 11 is 1.19. The van der Waals surface area contributed by atoms with Crippen LogP contribution in [0.1, 0.15) is 12.6 Å². The molecule has 0 atom stereocenters. The molecule has 0 aromatic carbocycles. The summed E-state index contributed by atoms with van der Waals surface area (Å²) in [6.45, 7) is 1.30. The highest BCUT2D eigenvalue weighted by molar-refractivity contribution is 7.13. The maximum absolute atomic E-state index is 10.8. The molecule has 0 aliphatic carbocycles. The van der Waals surface area contributed by atoms with Gasteiger partial charge in [0.25, 0.3) is 0 Å². The summed E-state index contributed by atoms with van der Waals surface area (Å²) in [6.07, 6.45) is 0. The van der Waals surface area contributed by atoms with Crippen LogP contribution in [0.3, 0.4) is 0 Å². The van der Waals surface area contributed by atoms with Gasteiger partial charge in [0, 0.05) is 12.3 Å². The average molecular weight is 185 g/mol. The van der Waals surface area contributed by atoms with Crippen molar-refractivity contribution < 1.29 is 10.0 Å². The summed E-state index contributed by atoms with van der Waals surface area (Å²) in [4.78, 5) is 14.6. The maximum atomic E-state index is 10.8. The summed E-state index contributed by atoms with van der Waals surface area (Å²) in [5, 5.41) is 13.2. The molecule has 0 saturated heterocycles. The zero-order valence-electron chi connectivity index (χ0n) is 6.31. The molecule has 64 valence electrons. The van der Waals surface area contributed by atoms with Gasteiger partial charge in [-0.2, -0.15) is 0 Å². The average Bonchev–Trinajstić information content (AvgIpc) is 2.37. The van der Waals surface area contributed by atoms with Gasteiger partial charge < -0.3 is 10.9 Å². The van der Waals surface area contributed by atoms with E-state index in [1.165, 1.54) is 18.3 Å². The number of carbonyl (C=O) groups excluding carboxylic acids is 1. The molecule has 6 heteroatoms. The monoisotopic (exact) mass is 185 g/mol. The SMILES string of the molecule is CC(=O)/C(=N/O)c1csc(N)n1. The Balaban J connectivity index is 3.04. The molecular weight excluding hydrogens is 178 g/mol.